The van der Waals surface area contributed by atoms with Crippen LogP contribution in [-0.2, 0) is 9.53 Å². The van der Waals surface area contributed by atoms with Crippen LogP contribution in [0.3, 0.4) is 0 Å². The Bertz CT molecular complexity index is 1360. The van der Waals surface area contributed by atoms with Crippen molar-refractivity contribution in [3.05, 3.63) is 72.3 Å². The first kappa shape index (κ1) is 24.1. The Morgan fingerprint density at radius 1 is 1.15 bits per heavy atom. The summed E-state index contributed by atoms with van der Waals surface area (Å²) in [7, 11) is 0. The number of nitrogens with zero attached hydrogens (tertiary/aromatic N) is 3. The summed E-state index contributed by atoms with van der Waals surface area (Å²) in [4.78, 5) is 49.7. The average molecular weight is 518 g/mol. The van der Waals surface area contributed by atoms with Crippen molar-refractivity contribution in [1.29, 1.82) is 0 Å². The Balaban J connectivity index is 1.87. The standard InChI is InChI=1S/C23H20ClN3O5S2/c1-5-32-22(31)20-11(3)26-23(34-20)27-16(13-7-6-8-14(24)9-13)15(18(29)21(27)30)17(28)19-10(2)25-12(4)33-19/h6-9,16,29H,5H2,1-4H3. The fourth-order valence-electron chi connectivity index (χ4n) is 3.76. The minimum absolute atomic E-state index is 0.0930. The molecule has 34 heavy (non-hydrogen) atoms. The van der Waals surface area contributed by atoms with Crippen molar-refractivity contribution in [2.45, 2.75) is 33.7 Å². The Hall–Kier alpha value is -3.08. The van der Waals surface area contributed by atoms with E-state index in [2.05, 4.69) is 9.97 Å². The van der Waals surface area contributed by atoms with Gasteiger partial charge in [0.1, 0.15) is 4.88 Å². The van der Waals surface area contributed by atoms with Gasteiger partial charge in [0.25, 0.3) is 5.91 Å². The second-order valence-electron chi connectivity index (χ2n) is 7.50. The van der Waals surface area contributed by atoms with E-state index in [1.165, 1.54) is 16.2 Å². The number of aliphatic hydroxyl groups is 1. The Morgan fingerprint density at radius 2 is 1.85 bits per heavy atom. The SMILES string of the molecule is CCOC(=O)c1sc(N2C(=O)C(O)=C(C(=O)c3sc(C)nc3C)C2c2cccc(Cl)c2)nc1C. The van der Waals surface area contributed by atoms with Gasteiger partial charge >= 0.3 is 5.97 Å². The third-order valence-electron chi connectivity index (χ3n) is 5.18. The van der Waals surface area contributed by atoms with E-state index in [1.807, 2.05) is 0 Å². The lowest BCUT2D eigenvalue weighted by atomic mass is 9.95. The number of hydrogen-bond acceptors (Lipinski definition) is 9. The van der Waals surface area contributed by atoms with Gasteiger partial charge in [-0.2, -0.15) is 0 Å². The van der Waals surface area contributed by atoms with Crippen LogP contribution in [0, 0.1) is 20.8 Å². The molecule has 4 rings (SSSR count). The monoisotopic (exact) mass is 517 g/mol. The predicted molar refractivity (Wildman–Crippen MR) is 130 cm³/mol. The number of aliphatic hydroxyl groups excluding tert-OH is 1. The zero-order valence-corrected chi connectivity index (χ0v) is 21.1. The zero-order valence-electron chi connectivity index (χ0n) is 18.7. The molecule has 11 heteroatoms. The van der Waals surface area contributed by atoms with Crippen LogP contribution in [0.2, 0.25) is 5.02 Å². The highest BCUT2D eigenvalue weighted by Crippen LogP contribution is 2.44. The van der Waals surface area contributed by atoms with E-state index in [0.29, 0.717) is 31.9 Å². The number of thiazole rings is 2. The first-order chi connectivity index (χ1) is 16.1. The predicted octanol–water partition coefficient (Wildman–Crippen LogP) is 5.14. The van der Waals surface area contributed by atoms with Gasteiger partial charge < -0.3 is 9.84 Å². The van der Waals surface area contributed by atoms with Gasteiger partial charge in [0, 0.05) is 5.02 Å². The number of amides is 1. The number of carbonyl (C=O) groups is 3. The molecule has 0 saturated carbocycles. The van der Waals surface area contributed by atoms with Gasteiger partial charge in [-0.05, 0) is 45.4 Å². The van der Waals surface area contributed by atoms with E-state index in [0.717, 1.165) is 11.3 Å². The van der Waals surface area contributed by atoms with Crippen LogP contribution in [0.25, 0.3) is 0 Å². The van der Waals surface area contributed by atoms with Crippen molar-refractivity contribution in [2.24, 2.45) is 0 Å². The molecule has 3 aromatic rings. The number of ether oxygens (including phenoxy) is 1. The summed E-state index contributed by atoms with van der Waals surface area (Å²) in [5.74, 6) is -2.53. The molecule has 2 aromatic heterocycles. The molecule has 1 aliphatic rings. The maximum absolute atomic E-state index is 13.6. The first-order valence-corrected chi connectivity index (χ1v) is 12.3. The summed E-state index contributed by atoms with van der Waals surface area (Å²) >= 11 is 8.37. The van der Waals surface area contributed by atoms with E-state index >= 15 is 0 Å². The number of aromatic nitrogens is 2. The maximum Gasteiger partial charge on any atom is 0.350 e. The Labute approximate surface area is 208 Å². The molecule has 0 fully saturated rings. The van der Waals surface area contributed by atoms with Crippen molar-refractivity contribution in [3.8, 4) is 0 Å². The number of anilines is 1. The van der Waals surface area contributed by atoms with E-state index in [1.54, 1.807) is 52.0 Å². The molecule has 0 bridgehead atoms. The number of ketones is 1. The van der Waals surface area contributed by atoms with Crippen LogP contribution in [0.5, 0.6) is 0 Å². The molecular formula is C23H20ClN3O5S2. The number of rotatable bonds is 6. The van der Waals surface area contributed by atoms with Crippen molar-refractivity contribution in [2.75, 3.05) is 11.5 Å². The highest BCUT2D eigenvalue weighted by Gasteiger charge is 2.47. The molecule has 8 nitrogen and oxygen atoms in total. The minimum Gasteiger partial charge on any atom is -0.503 e. The van der Waals surface area contributed by atoms with E-state index in [4.69, 9.17) is 16.3 Å². The highest BCUT2D eigenvalue weighted by molar-refractivity contribution is 7.17. The summed E-state index contributed by atoms with van der Waals surface area (Å²) in [5, 5.41) is 12.1. The molecule has 3 heterocycles. The Kier molecular flexibility index (Phi) is 6.57. The van der Waals surface area contributed by atoms with E-state index in [-0.39, 0.29) is 22.2 Å². The molecule has 176 valence electrons. The average Bonchev–Trinajstić information content (AvgIpc) is 3.41. The van der Waals surface area contributed by atoms with Crippen LogP contribution in [0.4, 0.5) is 5.13 Å². The summed E-state index contributed by atoms with van der Waals surface area (Å²) in [6.07, 6.45) is 0. The second-order valence-corrected chi connectivity index (χ2v) is 10.1. The topological polar surface area (TPSA) is 110 Å². The number of carbonyl (C=O) groups excluding carboxylic acids is 3. The maximum atomic E-state index is 13.6. The lowest BCUT2D eigenvalue weighted by Crippen LogP contribution is -2.31. The molecule has 1 aliphatic heterocycles. The largest absolute Gasteiger partial charge is 0.503 e. The summed E-state index contributed by atoms with van der Waals surface area (Å²) in [6, 6.07) is 5.69. The van der Waals surface area contributed by atoms with Crippen LogP contribution in [0.15, 0.2) is 35.6 Å². The number of halogens is 1. The van der Waals surface area contributed by atoms with Gasteiger partial charge in [0.05, 0.1) is 39.5 Å². The van der Waals surface area contributed by atoms with Gasteiger partial charge in [-0.25, -0.2) is 14.8 Å². The smallest absolute Gasteiger partial charge is 0.350 e. The van der Waals surface area contributed by atoms with Crippen LogP contribution >= 0.6 is 34.3 Å². The lowest BCUT2D eigenvalue weighted by molar-refractivity contribution is -0.117. The molecule has 0 spiro atoms. The highest BCUT2D eigenvalue weighted by atomic mass is 35.5. The van der Waals surface area contributed by atoms with Crippen LogP contribution < -0.4 is 4.90 Å². The zero-order chi connectivity index (χ0) is 24.7. The van der Waals surface area contributed by atoms with Crippen molar-refractivity contribution in [1.82, 2.24) is 9.97 Å². The van der Waals surface area contributed by atoms with E-state index in [9.17, 15) is 19.5 Å². The van der Waals surface area contributed by atoms with Gasteiger partial charge in [0.15, 0.2) is 10.9 Å². The third kappa shape index (κ3) is 4.13. The Morgan fingerprint density at radius 3 is 2.47 bits per heavy atom. The molecule has 1 unspecified atom stereocenters. The number of Topliss-reactive ketones (excluding diaryl/α,β-unsaturated/α-hetero) is 1. The van der Waals surface area contributed by atoms with Crippen molar-refractivity contribution in [3.63, 3.8) is 0 Å². The number of benzene rings is 1. The van der Waals surface area contributed by atoms with Crippen molar-refractivity contribution < 1.29 is 24.2 Å². The van der Waals surface area contributed by atoms with Crippen molar-refractivity contribution >= 4 is 57.1 Å². The molecule has 1 aromatic carbocycles. The molecule has 1 atom stereocenters. The fourth-order valence-corrected chi connectivity index (χ4v) is 5.82. The fraction of sp³-hybridized carbons (Fsp3) is 0.261. The molecule has 0 aliphatic carbocycles. The normalized spacial score (nSPS) is 15.9. The van der Waals surface area contributed by atoms with Crippen LogP contribution in [0.1, 0.15) is 54.3 Å². The summed E-state index contributed by atoms with van der Waals surface area (Å²) in [5.41, 5.74) is 1.31. The number of hydrogen-bond donors (Lipinski definition) is 1. The molecule has 1 N–H and O–H groups in total. The third-order valence-corrected chi connectivity index (χ3v) is 7.62. The molecule has 0 radical (unpaired) electrons. The van der Waals surface area contributed by atoms with Gasteiger partial charge in [-0.1, -0.05) is 35.1 Å². The minimum atomic E-state index is -0.999. The molecule has 1 amide bonds. The molecular weight excluding hydrogens is 498 g/mol. The summed E-state index contributed by atoms with van der Waals surface area (Å²) in [6.45, 7) is 6.99. The first-order valence-electron chi connectivity index (χ1n) is 10.3. The van der Waals surface area contributed by atoms with E-state index < -0.39 is 29.5 Å². The number of esters is 1. The lowest BCUT2D eigenvalue weighted by Gasteiger charge is -2.24. The summed E-state index contributed by atoms with van der Waals surface area (Å²) < 4.78 is 5.08. The number of aryl methyl sites for hydroxylation is 3. The second kappa shape index (κ2) is 9.28. The van der Waals surface area contributed by atoms with Gasteiger partial charge in [-0.3, -0.25) is 14.5 Å². The van der Waals surface area contributed by atoms with Gasteiger partial charge in [0.2, 0.25) is 5.78 Å². The van der Waals surface area contributed by atoms with Crippen LogP contribution in [-0.4, -0.2) is 39.3 Å². The van der Waals surface area contributed by atoms with Gasteiger partial charge in [-0.15, -0.1) is 11.3 Å². The quantitative estimate of drug-likeness (QED) is 0.356. The molecule has 0 saturated heterocycles.